The summed E-state index contributed by atoms with van der Waals surface area (Å²) in [6.07, 6.45) is 0. The predicted octanol–water partition coefficient (Wildman–Crippen LogP) is 1.07. The first kappa shape index (κ1) is 14.8. The van der Waals surface area contributed by atoms with Crippen LogP contribution in [0.5, 0.6) is 0 Å². The molecule has 0 fully saturated rings. The molecule has 0 unspecified atom stereocenters. The predicted molar refractivity (Wildman–Crippen MR) is 78.5 cm³/mol. The van der Waals surface area contributed by atoms with Crippen molar-refractivity contribution in [1.29, 1.82) is 0 Å². The van der Waals surface area contributed by atoms with Gasteiger partial charge in [0.15, 0.2) is 4.67 Å². The number of furan rings is 1. The van der Waals surface area contributed by atoms with E-state index >= 15 is 0 Å². The molecule has 0 N–H and O–H groups in total. The zero-order valence-corrected chi connectivity index (χ0v) is 13.2. The molecule has 20 heavy (non-hydrogen) atoms. The minimum atomic E-state index is -0.318. The first-order valence-corrected chi connectivity index (χ1v) is 6.86. The molecule has 0 aliphatic heterocycles. The molecular weight excluding hydrogens is 326 g/mol. The lowest BCUT2D eigenvalue weighted by molar-refractivity contribution is 0.277. The summed E-state index contributed by atoms with van der Waals surface area (Å²) in [6, 6.07) is 5.19. The van der Waals surface area contributed by atoms with Gasteiger partial charge >= 0.3 is 5.69 Å². The summed E-state index contributed by atoms with van der Waals surface area (Å²) in [5.74, 6) is 0.813. The Morgan fingerprint density at radius 2 is 1.90 bits per heavy atom. The largest absolute Gasteiger partial charge is 0.453 e. The summed E-state index contributed by atoms with van der Waals surface area (Å²) >= 11 is 3.25. The maximum atomic E-state index is 11.8. The molecule has 0 aromatic carbocycles. The number of aromatic nitrogens is 2. The van der Waals surface area contributed by atoms with Crippen molar-refractivity contribution in [3.05, 3.63) is 55.2 Å². The van der Waals surface area contributed by atoms with Gasteiger partial charge in [-0.25, -0.2) is 4.79 Å². The van der Waals surface area contributed by atoms with Crippen LogP contribution in [0.4, 0.5) is 0 Å². The van der Waals surface area contributed by atoms with Crippen LogP contribution in [0.25, 0.3) is 0 Å². The molecule has 2 aromatic rings. The lowest BCUT2D eigenvalue weighted by Crippen LogP contribution is -2.39. The molecule has 2 rings (SSSR count). The molecule has 0 aliphatic carbocycles. The summed E-state index contributed by atoms with van der Waals surface area (Å²) in [7, 11) is 5.03. The van der Waals surface area contributed by atoms with E-state index < -0.39 is 0 Å². The van der Waals surface area contributed by atoms with Crippen LogP contribution < -0.4 is 11.2 Å². The van der Waals surface area contributed by atoms with Crippen molar-refractivity contribution in [1.82, 2.24) is 14.0 Å². The second-order valence-electron chi connectivity index (χ2n) is 4.75. The molecule has 0 atom stereocenters. The zero-order valence-electron chi connectivity index (χ0n) is 11.6. The molecule has 2 aromatic heterocycles. The Hall–Kier alpha value is -1.60. The molecular formula is C13H16BrN3O3. The van der Waals surface area contributed by atoms with Gasteiger partial charge in [0.25, 0.3) is 5.56 Å². The van der Waals surface area contributed by atoms with E-state index in [2.05, 4.69) is 15.9 Å². The highest BCUT2D eigenvalue weighted by Gasteiger charge is 2.10. The number of hydrogen-bond acceptors (Lipinski definition) is 4. The first-order chi connectivity index (χ1) is 9.38. The molecule has 0 radical (unpaired) electrons. The quantitative estimate of drug-likeness (QED) is 0.834. The molecule has 6 nitrogen and oxygen atoms in total. The molecule has 0 bridgehead atoms. The molecule has 0 spiro atoms. The van der Waals surface area contributed by atoms with Crippen LogP contribution >= 0.6 is 15.9 Å². The van der Waals surface area contributed by atoms with E-state index in [1.807, 2.05) is 24.1 Å². The van der Waals surface area contributed by atoms with Crippen molar-refractivity contribution in [2.45, 2.75) is 13.1 Å². The van der Waals surface area contributed by atoms with Gasteiger partial charge < -0.3 is 4.42 Å². The Morgan fingerprint density at radius 1 is 1.20 bits per heavy atom. The van der Waals surface area contributed by atoms with E-state index in [4.69, 9.17) is 4.42 Å². The highest BCUT2D eigenvalue weighted by atomic mass is 79.9. The van der Waals surface area contributed by atoms with Gasteiger partial charge in [-0.3, -0.25) is 18.8 Å². The molecule has 0 aliphatic rings. The number of hydrogen-bond donors (Lipinski definition) is 0. The van der Waals surface area contributed by atoms with E-state index in [0.29, 0.717) is 23.5 Å². The van der Waals surface area contributed by atoms with Gasteiger partial charge in [-0.1, -0.05) is 0 Å². The minimum absolute atomic E-state index is 0.294. The van der Waals surface area contributed by atoms with E-state index in [-0.39, 0.29) is 11.2 Å². The third-order valence-corrected chi connectivity index (χ3v) is 3.54. The highest BCUT2D eigenvalue weighted by molar-refractivity contribution is 9.10. The van der Waals surface area contributed by atoms with E-state index in [0.717, 1.165) is 10.3 Å². The lowest BCUT2D eigenvalue weighted by atomic mass is 10.3. The Kier molecular flexibility index (Phi) is 4.29. The average molecular weight is 342 g/mol. The van der Waals surface area contributed by atoms with Crippen LogP contribution in [0.2, 0.25) is 0 Å². The SMILES string of the molecule is CN(Cc1ccc(Br)o1)Cc1cc(=O)n(C)c(=O)n1C. The van der Waals surface area contributed by atoms with Gasteiger partial charge in [-0.15, -0.1) is 0 Å². The third kappa shape index (κ3) is 3.10. The smallest absolute Gasteiger partial charge is 0.330 e. The van der Waals surface area contributed by atoms with Crippen molar-refractivity contribution in [2.24, 2.45) is 14.1 Å². The Balaban J connectivity index is 2.18. The standard InChI is InChI=1S/C13H16BrN3O3/c1-15(8-10-4-5-11(14)20-10)7-9-6-12(18)17(3)13(19)16(9)2/h4-6H,7-8H2,1-3H3. The van der Waals surface area contributed by atoms with Crippen LogP contribution in [0.1, 0.15) is 11.5 Å². The molecule has 0 amide bonds. The normalized spacial score (nSPS) is 11.2. The van der Waals surface area contributed by atoms with Crippen LogP contribution in [-0.4, -0.2) is 21.1 Å². The van der Waals surface area contributed by atoms with E-state index in [9.17, 15) is 9.59 Å². The average Bonchev–Trinajstić information content (AvgIpc) is 2.78. The summed E-state index contributed by atoms with van der Waals surface area (Å²) in [5, 5.41) is 0. The molecule has 7 heteroatoms. The Bertz CT molecular complexity index is 729. The first-order valence-electron chi connectivity index (χ1n) is 6.07. The van der Waals surface area contributed by atoms with Gasteiger partial charge in [0, 0.05) is 32.4 Å². The van der Waals surface area contributed by atoms with Crippen molar-refractivity contribution in [2.75, 3.05) is 7.05 Å². The van der Waals surface area contributed by atoms with Crippen molar-refractivity contribution >= 4 is 15.9 Å². The van der Waals surface area contributed by atoms with E-state index in [1.54, 1.807) is 7.05 Å². The fourth-order valence-corrected chi connectivity index (χ4v) is 2.31. The van der Waals surface area contributed by atoms with Gasteiger partial charge in [0.05, 0.1) is 6.54 Å². The maximum absolute atomic E-state index is 11.8. The topological polar surface area (TPSA) is 60.4 Å². The fourth-order valence-electron chi connectivity index (χ4n) is 1.97. The summed E-state index contributed by atoms with van der Waals surface area (Å²) in [6.45, 7) is 1.08. The number of rotatable bonds is 4. The van der Waals surface area contributed by atoms with Gasteiger partial charge in [0.2, 0.25) is 0 Å². The third-order valence-electron chi connectivity index (χ3n) is 3.11. The summed E-state index contributed by atoms with van der Waals surface area (Å²) in [4.78, 5) is 25.5. The van der Waals surface area contributed by atoms with Crippen molar-refractivity contribution in [3.8, 4) is 0 Å². The van der Waals surface area contributed by atoms with Crippen LogP contribution in [0.15, 0.2) is 36.9 Å². The molecule has 2 heterocycles. The summed E-state index contributed by atoms with van der Waals surface area (Å²) < 4.78 is 8.68. The number of halogens is 1. The molecule has 0 saturated carbocycles. The van der Waals surface area contributed by atoms with Crippen LogP contribution in [0, 0.1) is 0 Å². The lowest BCUT2D eigenvalue weighted by Gasteiger charge is -2.17. The maximum Gasteiger partial charge on any atom is 0.330 e. The zero-order chi connectivity index (χ0) is 14.9. The summed E-state index contributed by atoms with van der Waals surface area (Å²) in [5.41, 5.74) is 0.0603. The minimum Gasteiger partial charge on any atom is -0.453 e. The van der Waals surface area contributed by atoms with Gasteiger partial charge in [0.1, 0.15) is 5.76 Å². The van der Waals surface area contributed by atoms with Crippen LogP contribution in [-0.2, 0) is 27.2 Å². The number of nitrogens with zero attached hydrogens (tertiary/aromatic N) is 3. The second-order valence-corrected chi connectivity index (χ2v) is 5.53. The van der Waals surface area contributed by atoms with Gasteiger partial charge in [-0.05, 0) is 35.1 Å². The Labute approximate surface area is 124 Å². The highest BCUT2D eigenvalue weighted by Crippen LogP contribution is 2.15. The Morgan fingerprint density at radius 3 is 2.50 bits per heavy atom. The van der Waals surface area contributed by atoms with E-state index in [1.165, 1.54) is 17.7 Å². The monoisotopic (exact) mass is 341 g/mol. The van der Waals surface area contributed by atoms with Crippen molar-refractivity contribution < 1.29 is 4.42 Å². The molecule has 108 valence electrons. The van der Waals surface area contributed by atoms with Crippen LogP contribution in [0.3, 0.4) is 0 Å². The second kappa shape index (κ2) is 5.80. The van der Waals surface area contributed by atoms with Gasteiger partial charge in [-0.2, -0.15) is 0 Å². The van der Waals surface area contributed by atoms with Crippen molar-refractivity contribution in [3.63, 3.8) is 0 Å². The fraction of sp³-hybridized carbons (Fsp3) is 0.385. The molecule has 0 saturated heterocycles.